The van der Waals surface area contributed by atoms with Crippen molar-refractivity contribution in [1.82, 2.24) is 0 Å². The maximum absolute atomic E-state index is 12.7. The normalized spacial score (nSPS) is 19.8. The summed E-state index contributed by atoms with van der Waals surface area (Å²) in [6.07, 6.45) is 0.0567. The zero-order valence-electron chi connectivity index (χ0n) is 10.5. The van der Waals surface area contributed by atoms with Crippen LogP contribution in [0.3, 0.4) is 0 Å². The number of rotatable bonds is 4. The molecule has 2 rings (SSSR count). The molecule has 7 heteroatoms. The van der Waals surface area contributed by atoms with E-state index in [4.69, 9.17) is 0 Å². The summed E-state index contributed by atoms with van der Waals surface area (Å²) in [5.74, 6) is -1.28. The van der Waals surface area contributed by atoms with Crippen LogP contribution in [0.5, 0.6) is 0 Å². The Morgan fingerprint density at radius 2 is 2.11 bits per heavy atom. The van der Waals surface area contributed by atoms with Gasteiger partial charge >= 0.3 is 10.2 Å². The molecule has 1 aromatic carbocycles. The first-order valence-corrected chi connectivity index (χ1v) is 7.45. The van der Waals surface area contributed by atoms with Crippen molar-refractivity contribution in [2.24, 2.45) is 5.92 Å². The molecule has 19 heavy (non-hydrogen) atoms. The van der Waals surface area contributed by atoms with Crippen molar-refractivity contribution in [3.05, 3.63) is 24.3 Å². The molecule has 1 amide bonds. The number of benzene rings is 1. The van der Waals surface area contributed by atoms with Gasteiger partial charge in [-0.25, -0.2) is 0 Å². The molecule has 0 bridgehead atoms. The molecular formula is C12H15FN2O3S. The van der Waals surface area contributed by atoms with Crippen molar-refractivity contribution in [2.75, 3.05) is 29.6 Å². The van der Waals surface area contributed by atoms with Gasteiger partial charge in [0.1, 0.15) is 0 Å². The molecule has 1 aliphatic heterocycles. The lowest BCUT2D eigenvalue weighted by Crippen LogP contribution is -2.26. The molecule has 1 atom stereocenters. The number of amides is 1. The highest BCUT2D eigenvalue weighted by atomic mass is 32.3. The van der Waals surface area contributed by atoms with E-state index in [2.05, 4.69) is 5.32 Å². The maximum atomic E-state index is 12.7. The molecule has 1 saturated heterocycles. The van der Waals surface area contributed by atoms with E-state index in [-0.39, 0.29) is 18.9 Å². The van der Waals surface area contributed by atoms with Crippen LogP contribution >= 0.6 is 0 Å². The second-order valence-corrected chi connectivity index (χ2v) is 5.96. The summed E-state index contributed by atoms with van der Waals surface area (Å²) >= 11 is 0. The van der Waals surface area contributed by atoms with E-state index in [1.54, 1.807) is 19.2 Å². The highest BCUT2D eigenvalue weighted by Gasteiger charge is 2.34. The quantitative estimate of drug-likeness (QED) is 0.849. The molecule has 1 N–H and O–H groups in total. The minimum absolute atomic E-state index is 0.0567. The molecule has 5 nitrogen and oxygen atoms in total. The fraction of sp³-hybridized carbons (Fsp3) is 0.417. The fourth-order valence-electron chi connectivity index (χ4n) is 2.33. The van der Waals surface area contributed by atoms with Crippen LogP contribution in [0.4, 0.5) is 15.3 Å². The lowest BCUT2D eigenvalue weighted by molar-refractivity contribution is -0.117. The van der Waals surface area contributed by atoms with E-state index in [0.717, 1.165) is 5.69 Å². The summed E-state index contributed by atoms with van der Waals surface area (Å²) in [5, 5.41) is 2.97. The highest BCUT2D eigenvalue weighted by Crippen LogP contribution is 2.31. The molecule has 0 radical (unpaired) electrons. The highest BCUT2D eigenvalue weighted by molar-refractivity contribution is 7.86. The van der Waals surface area contributed by atoms with Gasteiger partial charge in [0.15, 0.2) is 0 Å². The Hall–Kier alpha value is -1.63. The van der Waals surface area contributed by atoms with Gasteiger partial charge in [-0.2, -0.15) is 8.42 Å². The number of carbonyl (C=O) groups excluding carboxylic acids is 1. The topological polar surface area (TPSA) is 66.5 Å². The summed E-state index contributed by atoms with van der Waals surface area (Å²) in [4.78, 5) is 13.4. The van der Waals surface area contributed by atoms with Crippen LogP contribution in [0.1, 0.15) is 6.42 Å². The molecule has 1 heterocycles. The molecule has 1 aromatic rings. The predicted molar refractivity (Wildman–Crippen MR) is 71.3 cm³/mol. The van der Waals surface area contributed by atoms with Gasteiger partial charge in [-0.1, -0.05) is 12.1 Å². The summed E-state index contributed by atoms with van der Waals surface area (Å²) in [5.41, 5.74) is 1.47. The van der Waals surface area contributed by atoms with Crippen molar-refractivity contribution in [3.63, 3.8) is 0 Å². The Morgan fingerprint density at radius 3 is 2.74 bits per heavy atom. The largest absolute Gasteiger partial charge is 0.386 e. The number of nitrogens with one attached hydrogen (secondary N) is 1. The van der Waals surface area contributed by atoms with E-state index >= 15 is 0 Å². The van der Waals surface area contributed by atoms with Gasteiger partial charge in [-0.15, -0.1) is 3.89 Å². The van der Waals surface area contributed by atoms with Gasteiger partial charge in [0.05, 0.1) is 17.1 Å². The minimum atomic E-state index is -4.55. The summed E-state index contributed by atoms with van der Waals surface area (Å²) in [7, 11) is -2.81. The van der Waals surface area contributed by atoms with Crippen LogP contribution < -0.4 is 10.2 Å². The van der Waals surface area contributed by atoms with Gasteiger partial charge in [-0.05, 0) is 12.1 Å². The third-order valence-corrected chi connectivity index (χ3v) is 3.97. The molecule has 0 aromatic heterocycles. The zero-order valence-corrected chi connectivity index (χ0v) is 11.3. The van der Waals surface area contributed by atoms with Gasteiger partial charge in [0.25, 0.3) is 0 Å². The van der Waals surface area contributed by atoms with Crippen molar-refractivity contribution in [2.45, 2.75) is 6.42 Å². The van der Waals surface area contributed by atoms with E-state index in [0.29, 0.717) is 5.69 Å². The summed E-state index contributed by atoms with van der Waals surface area (Å²) < 4.78 is 34.0. The molecule has 0 saturated carbocycles. The lowest BCUT2D eigenvalue weighted by Gasteiger charge is -2.19. The Morgan fingerprint density at radius 1 is 1.42 bits per heavy atom. The van der Waals surface area contributed by atoms with E-state index in [9.17, 15) is 17.1 Å². The molecule has 0 aliphatic carbocycles. The van der Waals surface area contributed by atoms with E-state index in [1.165, 1.54) is 4.90 Å². The van der Waals surface area contributed by atoms with Gasteiger partial charge in [-0.3, -0.25) is 4.79 Å². The third kappa shape index (κ3) is 3.23. The van der Waals surface area contributed by atoms with Crippen LogP contribution in [-0.2, 0) is 15.0 Å². The summed E-state index contributed by atoms with van der Waals surface area (Å²) in [6.45, 7) is 0.223. The van der Waals surface area contributed by atoms with Crippen molar-refractivity contribution in [3.8, 4) is 0 Å². The van der Waals surface area contributed by atoms with Gasteiger partial charge < -0.3 is 10.2 Å². The zero-order chi connectivity index (χ0) is 14.0. The number of carbonyl (C=O) groups is 1. The van der Waals surface area contributed by atoms with Crippen LogP contribution in [0.2, 0.25) is 0 Å². The predicted octanol–water partition coefficient (Wildman–Crippen LogP) is 1.38. The standard InChI is InChI=1S/C12H15FN2O3S/c1-14-10-4-2-3-5-11(10)15-7-9(6-12(15)16)8-19(13,17)18/h2-5,9,14H,6-8H2,1H3. The van der Waals surface area contributed by atoms with E-state index < -0.39 is 21.9 Å². The van der Waals surface area contributed by atoms with Gasteiger partial charge in [0, 0.05) is 25.9 Å². The van der Waals surface area contributed by atoms with Gasteiger partial charge in [0.2, 0.25) is 5.91 Å². The Labute approximate surface area is 111 Å². The SMILES string of the molecule is CNc1ccccc1N1CC(CS(=O)(=O)F)CC1=O. The van der Waals surface area contributed by atoms with Crippen molar-refractivity contribution < 1.29 is 17.1 Å². The second-order valence-electron chi connectivity index (χ2n) is 4.55. The lowest BCUT2D eigenvalue weighted by atomic mass is 10.1. The van der Waals surface area contributed by atoms with Crippen LogP contribution in [0.25, 0.3) is 0 Å². The number of anilines is 2. The molecule has 1 unspecified atom stereocenters. The second kappa shape index (κ2) is 5.16. The van der Waals surface area contributed by atoms with Crippen LogP contribution in [-0.4, -0.2) is 33.7 Å². The monoisotopic (exact) mass is 286 g/mol. The molecule has 1 aliphatic rings. The third-order valence-electron chi connectivity index (χ3n) is 3.10. The van der Waals surface area contributed by atoms with Crippen LogP contribution in [0, 0.1) is 5.92 Å². The number of hydrogen-bond donors (Lipinski definition) is 1. The fourth-order valence-corrected chi connectivity index (χ4v) is 3.11. The number of nitrogens with zero attached hydrogens (tertiary/aromatic N) is 1. The summed E-state index contributed by atoms with van der Waals surface area (Å²) in [6, 6.07) is 7.22. The number of halogens is 1. The first-order valence-electron chi connectivity index (χ1n) is 5.90. The number of para-hydroxylation sites is 2. The first-order chi connectivity index (χ1) is 8.90. The average Bonchev–Trinajstić information content (AvgIpc) is 2.67. The number of hydrogen-bond acceptors (Lipinski definition) is 4. The average molecular weight is 286 g/mol. The molecule has 0 spiro atoms. The Balaban J connectivity index is 2.20. The maximum Gasteiger partial charge on any atom is 0.302 e. The van der Waals surface area contributed by atoms with Crippen LogP contribution in [0.15, 0.2) is 24.3 Å². The molecular weight excluding hydrogens is 271 g/mol. The molecule has 104 valence electrons. The minimum Gasteiger partial charge on any atom is -0.386 e. The smallest absolute Gasteiger partial charge is 0.302 e. The van der Waals surface area contributed by atoms with E-state index in [1.807, 2.05) is 12.1 Å². The first kappa shape index (κ1) is 13.8. The van der Waals surface area contributed by atoms with Crippen molar-refractivity contribution >= 4 is 27.5 Å². The Kier molecular flexibility index (Phi) is 3.75. The van der Waals surface area contributed by atoms with Crippen molar-refractivity contribution in [1.29, 1.82) is 0 Å². The molecule has 1 fully saturated rings. The Bertz CT molecular complexity index is 588.